The minimum Gasteiger partial charge on any atom is -0.325 e. The molecule has 0 spiro atoms. The molecular weight excluding hydrogens is 222 g/mol. The maximum Gasteiger partial charge on any atom is 0.282 e. The van der Waals surface area contributed by atoms with E-state index >= 15 is 0 Å². The summed E-state index contributed by atoms with van der Waals surface area (Å²) in [6, 6.07) is 7.57. The van der Waals surface area contributed by atoms with Crippen LogP contribution in [0.1, 0.15) is 17.3 Å². The van der Waals surface area contributed by atoms with Gasteiger partial charge in [-0.25, -0.2) is 0 Å². The lowest BCUT2D eigenvalue weighted by Crippen LogP contribution is -2.31. The first kappa shape index (κ1) is 12.6. The Labute approximate surface area is 98.2 Å². The third-order valence-electron chi connectivity index (χ3n) is 2.26. The van der Waals surface area contributed by atoms with Crippen molar-refractivity contribution in [1.82, 2.24) is 4.90 Å². The Morgan fingerprint density at radius 3 is 2.71 bits per heavy atom. The molecule has 0 saturated heterocycles. The van der Waals surface area contributed by atoms with E-state index in [2.05, 4.69) is 0 Å². The number of para-hydroxylation sites is 1. The maximum absolute atomic E-state index is 12.0. The first-order valence-electron chi connectivity index (χ1n) is 5.01. The van der Waals surface area contributed by atoms with Crippen LogP contribution in [0.2, 0.25) is 0 Å². The molecule has 0 radical (unpaired) electrons. The summed E-state index contributed by atoms with van der Waals surface area (Å²) in [6.45, 7) is 1.96. The van der Waals surface area contributed by atoms with Gasteiger partial charge in [-0.1, -0.05) is 12.1 Å². The Balaban J connectivity index is 3.12. The molecule has 1 rings (SSSR count). The molecule has 0 N–H and O–H groups in total. The van der Waals surface area contributed by atoms with Gasteiger partial charge >= 0.3 is 0 Å². The molecule has 0 fully saturated rings. The lowest BCUT2D eigenvalue weighted by Gasteiger charge is -2.16. The number of carbonyl (C=O) groups excluding carboxylic acids is 1. The van der Waals surface area contributed by atoms with Crippen LogP contribution >= 0.6 is 0 Å². The molecule has 1 aromatic rings. The molecule has 0 atom stereocenters. The van der Waals surface area contributed by atoms with Crippen molar-refractivity contribution in [3.8, 4) is 6.07 Å². The zero-order chi connectivity index (χ0) is 12.8. The van der Waals surface area contributed by atoms with Crippen molar-refractivity contribution < 1.29 is 9.72 Å². The molecule has 6 nitrogen and oxygen atoms in total. The number of amides is 1. The van der Waals surface area contributed by atoms with Gasteiger partial charge in [0.25, 0.3) is 11.6 Å². The summed E-state index contributed by atoms with van der Waals surface area (Å²) >= 11 is 0. The number of nitriles is 1. The Kier molecular flexibility index (Phi) is 4.17. The van der Waals surface area contributed by atoms with E-state index in [0.717, 1.165) is 0 Å². The molecule has 0 aliphatic carbocycles. The number of nitro groups is 1. The second-order valence-corrected chi connectivity index (χ2v) is 3.25. The first-order valence-corrected chi connectivity index (χ1v) is 5.01. The summed E-state index contributed by atoms with van der Waals surface area (Å²) in [5.74, 6) is -0.499. The second-order valence-electron chi connectivity index (χ2n) is 3.25. The van der Waals surface area contributed by atoms with E-state index in [1.54, 1.807) is 13.0 Å². The molecular formula is C11H11N3O3. The van der Waals surface area contributed by atoms with Crippen molar-refractivity contribution in [3.63, 3.8) is 0 Å². The van der Waals surface area contributed by atoms with Gasteiger partial charge in [0, 0.05) is 12.6 Å². The highest BCUT2D eigenvalue weighted by Crippen LogP contribution is 2.19. The van der Waals surface area contributed by atoms with Crippen LogP contribution in [0.4, 0.5) is 5.69 Å². The molecule has 0 aliphatic rings. The molecule has 88 valence electrons. The summed E-state index contributed by atoms with van der Waals surface area (Å²) < 4.78 is 0. The van der Waals surface area contributed by atoms with Crippen molar-refractivity contribution in [2.75, 3.05) is 13.1 Å². The van der Waals surface area contributed by atoms with Crippen molar-refractivity contribution in [3.05, 3.63) is 39.9 Å². The minimum absolute atomic E-state index is 0.00889. The van der Waals surface area contributed by atoms with Gasteiger partial charge in [0.15, 0.2) is 0 Å². The molecule has 0 aliphatic heterocycles. The van der Waals surface area contributed by atoms with Crippen LogP contribution in [0.5, 0.6) is 0 Å². The number of carbonyl (C=O) groups is 1. The number of hydrogen-bond acceptors (Lipinski definition) is 4. The van der Waals surface area contributed by atoms with Gasteiger partial charge in [-0.05, 0) is 13.0 Å². The van der Waals surface area contributed by atoms with Gasteiger partial charge in [-0.2, -0.15) is 5.26 Å². The molecule has 0 heterocycles. The largest absolute Gasteiger partial charge is 0.325 e. The molecule has 1 aromatic carbocycles. The van der Waals surface area contributed by atoms with Gasteiger partial charge in [0.05, 0.1) is 11.0 Å². The van der Waals surface area contributed by atoms with Gasteiger partial charge in [-0.15, -0.1) is 0 Å². The van der Waals surface area contributed by atoms with Gasteiger partial charge in [0.1, 0.15) is 12.1 Å². The number of rotatable bonds is 4. The highest BCUT2D eigenvalue weighted by Gasteiger charge is 2.22. The fraction of sp³-hybridized carbons (Fsp3) is 0.273. The number of benzene rings is 1. The van der Waals surface area contributed by atoms with Crippen LogP contribution in [-0.2, 0) is 0 Å². The van der Waals surface area contributed by atoms with Crippen LogP contribution in [0.3, 0.4) is 0 Å². The SMILES string of the molecule is CCN(CC#N)C(=O)c1ccccc1[N+](=O)[O-]. The van der Waals surface area contributed by atoms with Gasteiger partial charge in [-0.3, -0.25) is 14.9 Å². The lowest BCUT2D eigenvalue weighted by atomic mass is 10.1. The van der Waals surface area contributed by atoms with Gasteiger partial charge < -0.3 is 4.90 Å². The Morgan fingerprint density at radius 1 is 1.53 bits per heavy atom. The summed E-state index contributed by atoms with van der Waals surface area (Å²) in [5, 5.41) is 19.3. The van der Waals surface area contributed by atoms with Crippen LogP contribution in [0, 0.1) is 21.4 Å². The predicted octanol–water partition coefficient (Wildman–Crippen LogP) is 1.58. The van der Waals surface area contributed by atoms with E-state index in [-0.39, 0.29) is 17.8 Å². The van der Waals surface area contributed by atoms with Crippen LogP contribution in [0.25, 0.3) is 0 Å². The highest BCUT2D eigenvalue weighted by molar-refractivity contribution is 5.98. The Hall–Kier alpha value is -2.42. The summed E-state index contributed by atoms with van der Waals surface area (Å²) in [6.07, 6.45) is 0. The molecule has 0 aromatic heterocycles. The monoisotopic (exact) mass is 233 g/mol. The topological polar surface area (TPSA) is 87.2 Å². The summed E-state index contributed by atoms with van der Waals surface area (Å²) in [7, 11) is 0. The fourth-order valence-corrected chi connectivity index (χ4v) is 1.40. The van der Waals surface area contributed by atoms with Crippen LogP contribution in [-0.4, -0.2) is 28.8 Å². The highest BCUT2D eigenvalue weighted by atomic mass is 16.6. The van der Waals surface area contributed by atoms with E-state index in [1.165, 1.54) is 23.1 Å². The van der Waals surface area contributed by atoms with E-state index in [1.807, 2.05) is 6.07 Å². The van der Waals surface area contributed by atoms with Crippen molar-refractivity contribution >= 4 is 11.6 Å². The number of nitro benzene ring substituents is 1. The maximum atomic E-state index is 12.0. The average molecular weight is 233 g/mol. The van der Waals surface area contributed by atoms with E-state index in [4.69, 9.17) is 5.26 Å². The minimum atomic E-state index is -0.604. The third kappa shape index (κ3) is 2.78. The van der Waals surface area contributed by atoms with Crippen molar-refractivity contribution in [1.29, 1.82) is 5.26 Å². The van der Waals surface area contributed by atoms with Crippen molar-refractivity contribution in [2.24, 2.45) is 0 Å². The predicted molar refractivity (Wildman–Crippen MR) is 60.3 cm³/mol. The van der Waals surface area contributed by atoms with E-state index < -0.39 is 10.8 Å². The molecule has 0 bridgehead atoms. The summed E-state index contributed by atoms with van der Waals surface area (Å²) in [5.41, 5.74) is -0.233. The number of nitrogens with zero attached hydrogens (tertiary/aromatic N) is 3. The standard InChI is InChI=1S/C11H11N3O3/c1-2-13(8-7-12)11(15)9-5-3-4-6-10(9)14(16)17/h3-6H,2,8H2,1H3. The zero-order valence-corrected chi connectivity index (χ0v) is 9.29. The van der Waals surface area contributed by atoms with Crippen molar-refractivity contribution in [2.45, 2.75) is 6.92 Å². The smallest absolute Gasteiger partial charge is 0.282 e. The zero-order valence-electron chi connectivity index (χ0n) is 9.29. The average Bonchev–Trinajstić information content (AvgIpc) is 2.35. The van der Waals surface area contributed by atoms with E-state index in [9.17, 15) is 14.9 Å². The molecule has 17 heavy (non-hydrogen) atoms. The quantitative estimate of drug-likeness (QED) is 0.448. The number of hydrogen-bond donors (Lipinski definition) is 0. The molecule has 0 unspecified atom stereocenters. The Morgan fingerprint density at radius 2 is 2.18 bits per heavy atom. The van der Waals surface area contributed by atoms with Crippen LogP contribution in [0.15, 0.2) is 24.3 Å². The van der Waals surface area contributed by atoms with Gasteiger partial charge in [0.2, 0.25) is 0 Å². The normalized spacial score (nSPS) is 9.41. The molecule has 1 amide bonds. The fourth-order valence-electron chi connectivity index (χ4n) is 1.40. The molecule has 6 heteroatoms. The second kappa shape index (κ2) is 5.61. The lowest BCUT2D eigenvalue weighted by molar-refractivity contribution is -0.385. The van der Waals surface area contributed by atoms with Crippen LogP contribution < -0.4 is 0 Å². The third-order valence-corrected chi connectivity index (χ3v) is 2.26. The Bertz CT molecular complexity index is 479. The molecule has 0 saturated carbocycles. The first-order chi connectivity index (χ1) is 8.11. The summed E-state index contributed by atoms with van der Waals surface area (Å²) in [4.78, 5) is 23.4. The van der Waals surface area contributed by atoms with E-state index in [0.29, 0.717) is 6.54 Å².